The lowest BCUT2D eigenvalue weighted by Gasteiger charge is -2.12. The zero-order valence-electron chi connectivity index (χ0n) is 11.2. The standard InChI is InChI=1S/C3H10O4Si2.H10O5Si5/c1-9(2,3)7-6-8(4)5;1-6-2-8-4-10-5-9-3-7-1/h4H,1-3H3;6-10H2. The van der Waals surface area contributed by atoms with Crippen LogP contribution in [-0.4, -0.2) is 72.3 Å². The molecule has 1 N–H and O–H groups in total. The summed E-state index contributed by atoms with van der Waals surface area (Å²) in [5, 5.41) is 0. The van der Waals surface area contributed by atoms with Crippen molar-refractivity contribution in [1.82, 2.24) is 0 Å². The Labute approximate surface area is 126 Å². The highest BCUT2D eigenvalue weighted by molar-refractivity contribution is 6.69. The van der Waals surface area contributed by atoms with Crippen LogP contribution in [0.2, 0.25) is 19.6 Å². The molecule has 1 heterocycles. The molecule has 1 fully saturated rings. The first-order valence-corrected chi connectivity index (χ1v) is 15.8. The van der Waals surface area contributed by atoms with Gasteiger partial charge in [-0.2, -0.15) is 0 Å². The lowest BCUT2D eigenvalue weighted by atomic mass is 11.8. The van der Waals surface area contributed by atoms with Gasteiger partial charge in [-0.1, -0.05) is 0 Å². The fourth-order valence-electron chi connectivity index (χ4n) is 0.625. The van der Waals surface area contributed by atoms with Crippen molar-refractivity contribution in [3.8, 4) is 0 Å². The van der Waals surface area contributed by atoms with Crippen molar-refractivity contribution < 1.29 is 39.0 Å². The molecule has 9 nitrogen and oxygen atoms in total. The molecular formula is C3H20O9Si7. The zero-order chi connectivity index (χ0) is 14.6. The summed E-state index contributed by atoms with van der Waals surface area (Å²) in [6, 6.07) is 0. The Kier molecular flexibility index (Phi) is 12.9. The minimum Gasteiger partial charge on any atom is -0.510 e. The summed E-state index contributed by atoms with van der Waals surface area (Å²) < 4.78 is 44.4. The number of hydrogen-bond donors (Lipinski definition) is 1. The van der Waals surface area contributed by atoms with Crippen molar-refractivity contribution in [3.05, 3.63) is 0 Å². The van der Waals surface area contributed by atoms with Gasteiger partial charge in [-0.15, -0.1) is 0 Å². The lowest BCUT2D eigenvalue weighted by molar-refractivity contribution is -0.136. The fourth-order valence-corrected chi connectivity index (χ4v) is 10.9. The summed E-state index contributed by atoms with van der Waals surface area (Å²) in [5.41, 5.74) is 0. The Morgan fingerprint density at radius 3 is 1.37 bits per heavy atom. The van der Waals surface area contributed by atoms with Gasteiger partial charge in [0.05, 0.1) is 0 Å². The maximum atomic E-state index is 9.91. The third kappa shape index (κ3) is 18.7. The predicted octanol–water partition coefficient (Wildman–Crippen LogP) is -4.75. The van der Waals surface area contributed by atoms with Crippen molar-refractivity contribution in [2.45, 2.75) is 19.6 Å². The maximum absolute atomic E-state index is 9.91. The van der Waals surface area contributed by atoms with E-state index in [4.69, 9.17) is 25.4 Å². The van der Waals surface area contributed by atoms with E-state index in [-0.39, 0.29) is 0 Å². The van der Waals surface area contributed by atoms with E-state index in [0.717, 1.165) is 0 Å². The molecule has 1 aliphatic heterocycles. The summed E-state index contributed by atoms with van der Waals surface area (Å²) in [6.45, 7) is 5.58. The van der Waals surface area contributed by atoms with Gasteiger partial charge in [0.2, 0.25) is 8.32 Å². The first kappa shape index (κ1) is 19.7. The van der Waals surface area contributed by atoms with Crippen molar-refractivity contribution in [3.63, 3.8) is 0 Å². The van der Waals surface area contributed by atoms with Gasteiger partial charge in [-0.05, 0) is 19.6 Å². The average Bonchev–Trinajstić information content (AvgIpc) is 2.34. The normalized spacial score (nSPS) is 24.2. The van der Waals surface area contributed by atoms with Gasteiger partial charge in [-0.25, -0.2) is 0 Å². The van der Waals surface area contributed by atoms with Crippen molar-refractivity contribution in [1.29, 1.82) is 0 Å². The minimum absolute atomic E-state index is 0.724. The zero-order valence-corrected chi connectivity index (χ0v) is 20.3. The van der Waals surface area contributed by atoms with Gasteiger partial charge in [-0.3, -0.25) is 9.04 Å². The monoisotopic (exact) mass is 396 g/mol. The van der Waals surface area contributed by atoms with E-state index in [9.17, 15) is 4.46 Å². The van der Waals surface area contributed by atoms with Gasteiger partial charge in [0.25, 0.3) is 50.0 Å². The Hall–Kier alpha value is 0.678. The number of rotatable bonds is 3. The summed E-state index contributed by atoms with van der Waals surface area (Å²) in [7, 11) is -8.30. The second kappa shape index (κ2) is 12.4. The van der Waals surface area contributed by atoms with Gasteiger partial charge >= 0.3 is 9.17 Å². The first-order valence-electron chi connectivity index (χ1n) is 5.39. The highest BCUT2D eigenvalue weighted by atomic mass is 28.4. The number of hydrogen-bond acceptors (Lipinski definition) is 8. The van der Waals surface area contributed by atoms with E-state index in [1.165, 1.54) is 0 Å². The first-order chi connectivity index (χ1) is 8.92. The molecule has 0 saturated carbocycles. The second-order valence-electron chi connectivity index (χ2n) is 4.15. The van der Waals surface area contributed by atoms with Crippen molar-refractivity contribution in [2.24, 2.45) is 0 Å². The molecule has 1 aliphatic rings. The molecular weight excluding hydrogens is 377 g/mol. The smallest absolute Gasteiger partial charge is 0.510 e. The molecule has 0 atom stereocenters. The van der Waals surface area contributed by atoms with E-state index < -0.39 is 67.5 Å². The van der Waals surface area contributed by atoms with Crippen molar-refractivity contribution in [2.75, 3.05) is 0 Å². The molecule has 0 aromatic rings. The third-order valence-electron chi connectivity index (χ3n) is 1.20. The van der Waals surface area contributed by atoms with Crippen LogP contribution in [0.25, 0.3) is 0 Å². The summed E-state index contributed by atoms with van der Waals surface area (Å²) in [5.74, 6) is 0. The summed E-state index contributed by atoms with van der Waals surface area (Å²) >= 11 is 0. The third-order valence-corrected chi connectivity index (χ3v) is 8.84. The SMILES string of the molecule is C[Si](C)(C)OO[Si](=O)O.O1[SiH2]O[SiH2]O[SiH2]O[SiH2]O[SiH2]1. The molecule has 0 unspecified atom stereocenters. The van der Waals surface area contributed by atoms with Crippen LogP contribution in [0.5, 0.6) is 0 Å². The van der Waals surface area contributed by atoms with Gasteiger partial charge < -0.3 is 29.9 Å². The Balaban J connectivity index is 0.000000344. The molecule has 0 spiro atoms. The van der Waals surface area contributed by atoms with Crippen LogP contribution < -0.4 is 0 Å². The highest BCUT2D eigenvalue weighted by Gasteiger charge is 2.19. The van der Waals surface area contributed by atoms with Crippen LogP contribution in [0.15, 0.2) is 0 Å². The molecule has 0 aliphatic carbocycles. The molecule has 0 amide bonds. The Morgan fingerprint density at radius 1 is 0.895 bits per heavy atom. The average molecular weight is 397 g/mol. The van der Waals surface area contributed by atoms with Crippen LogP contribution in [0.3, 0.4) is 0 Å². The van der Waals surface area contributed by atoms with Gasteiger partial charge in [0.15, 0.2) is 0 Å². The summed E-state index contributed by atoms with van der Waals surface area (Å²) in [6.07, 6.45) is 0. The van der Waals surface area contributed by atoms with Crippen LogP contribution in [0.1, 0.15) is 0 Å². The molecule has 19 heavy (non-hydrogen) atoms. The maximum Gasteiger partial charge on any atom is 0.797 e. The van der Waals surface area contributed by atoms with E-state index in [1.54, 1.807) is 0 Å². The molecule has 16 heteroatoms. The van der Waals surface area contributed by atoms with Gasteiger partial charge in [0.1, 0.15) is 0 Å². The van der Waals surface area contributed by atoms with E-state index in [2.05, 4.69) is 9.15 Å². The predicted molar refractivity (Wildman–Crippen MR) is 82.3 cm³/mol. The Bertz CT molecular complexity index is 201. The molecule has 114 valence electrons. The molecule has 0 aromatic carbocycles. The van der Waals surface area contributed by atoms with Crippen LogP contribution >= 0.6 is 0 Å². The largest absolute Gasteiger partial charge is 0.797 e. The van der Waals surface area contributed by atoms with Crippen LogP contribution in [-0.2, 0) is 34.2 Å². The lowest BCUT2D eigenvalue weighted by Crippen LogP contribution is -2.27. The molecule has 0 bridgehead atoms. The second-order valence-corrected chi connectivity index (χ2v) is 18.6. The van der Waals surface area contributed by atoms with E-state index >= 15 is 0 Å². The van der Waals surface area contributed by atoms with Crippen LogP contribution in [0, 0.1) is 0 Å². The molecule has 1 rings (SSSR count). The van der Waals surface area contributed by atoms with Crippen LogP contribution in [0.4, 0.5) is 0 Å². The molecule has 0 radical (unpaired) electrons. The fraction of sp³-hybridized carbons (Fsp3) is 1.00. The van der Waals surface area contributed by atoms with Gasteiger partial charge in [0, 0.05) is 0 Å². The Morgan fingerprint density at radius 2 is 1.21 bits per heavy atom. The van der Waals surface area contributed by atoms with Crippen molar-refractivity contribution >= 4 is 67.5 Å². The summed E-state index contributed by atoms with van der Waals surface area (Å²) in [4.78, 5) is 8.14. The topological polar surface area (TPSA) is 102 Å². The molecule has 0 aromatic heterocycles. The van der Waals surface area contributed by atoms with E-state index in [1.807, 2.05) is 19.6 Å². The van der Waals surface area contributed by atoms with E-state index in [0.29, 0.717) is 0 Å². The quantitative estimate of drug-likeness (QED) is 0.286. The highest BCUT2D eigenvalue weighted by Crippen LogP contribution is 2.01. The molecule has 1 saturated heterocycles. The minimum atomic E-state index is -2.91.